The minimum Gasteiger partial charge on any atom is -0.384 e. The smallest absolute Gasteiger partial charge is 0.0373 e. The van der Waals surface area contributed by atoms with E-state index < -0.39 is 0 Å². The molecule has 1 nitrogen and oxygen atoms in total. The van der Waals surface area contributed by atoms with Gasteiger partial charge in [-0.3, -0.25) is 0 Å². The zero-order valence-electron chi connectivity index (χ0n) is 9.35. The van der Waals surface area contributed by atoms with Crippen molar-refractivity contribution in [3.05, 3.63) is 29.3 Å². The molecular formula is C13H19N. The SMILES string of the molecule is CCC(C)(C)c1ccc2c(c1)CCN2. The van der Waals surface area contributed by atoms with Crippen LogP contribution >= 0.6 is 0 Å². The van der Waals surface area contributed by atoms with Gasteiger partial charge in [0.05, 0.1) is 0 Å². The zero-order valence-corrected chi connectivity index (χ0v) is 9.35. The van der Waals surface area contributed by atoms with Gasteiger partial charge >= 0.3 is 0 Å². The van der Waals surface area contributed by atoms with E-state index in [2.05, 4.69) is 44.3 Å². The Labute approximate surface area is 86.5 Å². The van der Waals surface area contributed by atoms with Crippen LogP contribution in [0.2, 0.25) is 0 Å². The van der Waals surface area contributed by atoms with Crippen molar-refractivity contribution in [2.75, 3.05) is 11.9 Å². The molecule has 0 saturated heterocycles. The standard InChI is InChI=1S/C13H19N/c1-4-13(2,3)11-5-6-12-10(9-11)7-8-14-12/h5-6,9,14H,4,7-8H2,1-3H3. The van der Waals surface area contributed by atoms with Crippen molar-refractivity contribution in [3.63, 3.8) is 0 Å². The number of fused-ring (bicyclic) bond motifs is 1. The Hall–Kier alpha value is -0.980. The van der Waals surface area contributed by atoms with Crippen LogP contribution in [0.25, 0.3) is 0 Å². The van der Waals surface area contributed by atoms with E-state index >= 15 is 0 Å². The first-order valence-electron chi connectivity index (χ1n) is 5.51. The average Bonchev–Trinajstić information content (AvgIpc) is 2.64. The van der Waals surface area contributed by atoms with Crippen LogP contribution in [0.4, 0.5) is 5.69 Å². The van der Waals surface area contributed by atoms with Gasteiger partial charge in [-0.2, -0.15) is 0 Å². The Bertz CT molecular complexity index is 339. The average molecular weight is 189 g/mol. The molecule has 1 aliphatic rings. The summed E-state index contributed by atoms with van der Waals surface area (Å²) in [5, 5.41) is 3.40. The van der Waals surface area contributed by atoms with Crippen LogP contribution in [-0.2, 0) is 11.8 Å². The molecule has 0 spiro atoms. The van der Waals surface area contributed by atoms with E-state index in [-0.39, 0.29) is 0 Å². The summed E-state index contributed by atoms with van der Waals surface area (Å²) in [5.74, 6) is 0. The van der Waals surface area contributed by atoms with Crippen LogP contribution in [0.5, 0.6) is 0 Å². The number of hydrogen-bond acceptors (Lipinski definition) is 1. The summed E-state index contributed by atoms with van der Waals surface area (Å²) in [6.45, 7) is 7.99. The van der Waals surface area contributed by atoms with Gasteiger partial charge in [-0.25, -0.2) is 0 Å². The molecule has 0 unspecified atom stereocenters. The van der Waals surface area contributed by atoms with Gasteiger partial charge in [-0.1, -0.05) is 32.9 Å². The lowest BCUT2D eigenvalue weighted by atomic mass is 9.81. The molecule has 76 valence electrons. The molecule has 0 fully saturated rings. The molecule has 0 aromatic heterocycles. The van der Waals surface area contributed by atoms with Crippen LogP contribution in [0.3, 0.4) is 0 Å². The molecular weight excluding hydrogens is 170 g/mol. The van der Waals surface area contributed by atoms with Crippen LogP contribution in [-0.4, -0.2) is 6.54 Å². The van der Waals surface area contributed by atoms with Gasteiger partial charge in [0.1, 0.15) is 0 Å². The number of nitrogens with one attached hydrogen (secondary N) is 1. The molecule has 1 aromatic carbocycles. The molecule has 1 heteroatoms. The highest BCUT2D eigenvalue weighted by atomic mass is 14.9. The molecule has 2 rings (SSSR count). The second kappa shape index (κ2) is 3.30. The number of anilines is 1. The second-order valence-corrected chi connectivity index (χ2v) is 4.79. The van der Waals surface area contributed by atoms with Gasteiger partial charge < -0.3 is 5.32 Å². The van der Waals surface area contributed by atoms with Crippen molar-refractivity contribution < 1.29 is 0 Å². The maximum absolute atomic E-state index is 3.40. The molecule has 1 N–H and O–H groups in total. The fourth-order valence-electron chi connectivity index (χ4n) is 1.93. The van der Waals surface area contributed by atoms with E-state index in [1.54, 1.807) is 0 Å². The topological polar surface area (TPSA) is 12.0 Å². The van der Waals surface area contributed by atoms with Gasteiger partial charge in [-0.05, 0) is 35.4 Å². The van der Waals surface area contributed by atoms with Crippen LogP contribution in [0.1, 0.15) is 38.3 Å². The van der Waals surface area contributed by atoms with E-state index in [9.17, 15) is 0 Å². The molecule has 14 heavy (non-hydrogen) atoms. The predicted molar refractivity (Wildman–Crippen MR) is 62.0 cm³/mol. The lowest BCUT2D eigenvalue weighted by Gasteiger charge is -2.23. The zero-order chi connectivity index (χ0) is 10.2. The van der Waals surface area contributed by atoms with Crippen molar-refractivity contribution in [2.24, 2.45) is 0 Å². The molecule has 1 aromatic rings. The molecule has 0 amide bonds. The van der Waals surface area contributed by atoms with Crippen molar-refractivity contribution in [2.45, 2.75) is 39.0 Å². The largest absolute Gasteiger partial charge is 0.384 e. The Morgan fingerprint density at radius 2 is 2.14 bits per heavy atom. The summed E-state index contributed by atoms with van der Waals surface area (Å²) >= 11 is 0. The fraction of sp³-hybridized carbons (Fsp3) is 0.538. The van der Waals surface area contributed by atoms with Gasteiger partial charge in [0, 0.05) is 12.2 Å². The second-order valence-electron chi connectivity index (χ2n) is 4.79. The lowest BCUT2D eigenvalue weighted by molar-refractivity contribution is 0.506. The Kier molecular flexibility index (Phi) is 2.26. The first-order chi connectivity index (χ1) is 6.63. The van der Waals surface area contributed by atoms with Crippen LogP contribution in [0.15, 0.2) is 18.2 Å². The fourth-order valence-corrected chi connectivity index (χ4v) is 1.93. The summed E-state index contributed by atoms with van der Waals surface area (Å²) in [4.78, 5) is 0. The van der Waals surface area contributed by atoms with Gasteiger partial charge in [0.25, 0.3) is 0 Å². The number of hydrogen-bond donors (Lipinski definition) is 1. The van der Waals surface area contributed by atoms with E-state index in [1.807, 2.05) is 0 Å². The molecule has 0 radical (unpaired) electrons. The number of benzene rings is 1. The first kappa shape index (κ1) is 9.57. The summed E-state index contributed by atoms with van der Waals surface area (Å²) in [7, 11) is 0. The summed E-state index contributed by atoms with van der Waals surface area (Å²) in [5.41, 5.74) is 4.62. The molecule has 0 bridgehead atoms. The maximum Gasteiger partial charge on any atom is 0.0373 e. The van der Waals surface area contributed by atoms with E-state index in [0.717, 1.165) is 6.54 Å². The molecule has 1 aliphatic heterocycles. The van der Waals surface area contributed by atoms with Gasteiger partial charge in [0.15, 0.2) is 0 Å². The van der Waals surface area contributed by atoms with E-state index in [4.69, 9.17) is 0 Å². The third-order valence-electron chi connectivity index (χ3n) is 3.48. The highest BCUT2D eigenvalue weighted by Crippen LogP contribution is 2.31. The first-order valence-corrected chi connectivity index (χ1v) is 5.51. The molecule has 1 heterocycles. The Morgan fingerprint density at radius 3 is 2.86 bits per heavy atom. The van der Waals surface area contributed by atoms with Crippen molar-refractivity contribution in [1.82, 2.24) is 0 Å². The molecule has 0 saturated carbocycles. The summed E-state index contributed by atoms with van der Waals surface area (Å²) < 4.78 is 0. The third-order valence-corrected chi connectivity index (χ3v) is 3.48. The Morgan fingerprint density at radius 1 is 1.36 bits per heavy atom. The predicted octanol–water partition coefficient (Wildman–Crippen LogP) is 3.34. The number of rotatable bonds is 2. The minimum absolute atomic E-state index is 0.317. The quantitative estimate of drug-likeness (QED) is 0.752. The monoisotopic (exact) mass is 189 g/mol. The molecule has 0 aliphatic carbocycles. The highest BCUT2D eigenvalue weighted by molar-refractivity contribution is 5.57. The van der Waals surface area contributed by atoms with E-state index in [1.165, 1.54) is 29.7 Å². The highest BCUT2D eigenvalue weighted by Gasteiger charge is 2.20. The molecule has 0 atom stereocenters. The van der Waals surface area contributed by atoms with Gasteiger partial charge in [-0.15, -0.1) is 0 Å². The normalized spacial score (nSPS) is 15.1. The summed E-state index contributed by atoms with van der Waals surface area (Å²) in [6.07, 6.45) is 2.38. The summed E-state index contributed by atoms with van der Waals surface area (Å²) in [6, 6.07) is 6.87. The van der Waals surface area contributed by atoms with E-state index in [0.29, 0.717) is 5.41 Å². The van der Waals surface area contributed by atoms with Crippen LogP contribution in [0, 0.1) is 0 Å². The Balaban J connectivity index is 2.38. The van der Waals surface area contributed by atoms with Crippen molar-refractivity contribution in [3.8, 4) is 0 Å². The van der Waals surface area contributed by atoms with Crippen molar-refractivity contribution in [1.29, 1.82) is 0 Å². The lowest BCUT2D eigenvalue weighted by Crippen LogP contribution is -2.15. The van der Waals surface area contributed by atoms with Gasteiger partial charge in [0.2, 0.25) is 0 Å². The minimum atomic E-state index is 0.317. The third kappa shape index (κ3) is 1.52. The van der Waals surface area contributed by atoms with Crippen molar-refractivity contribution >= 4 is 5.69 Å². The van der Waals surface area contributed by atoms with Crippen LogP contribution < -0.4 is 5.32 Å². The maximum atomic E-state index is 3.40.